The van der Waals surface area contributed by atoms with E-state index in [1.165, 1.54) is 5.56 Å². The van der Waals surface area contributed by atoms with Crippen molar-refractivity contribution >= 4 is 30.1 Å². The molecule has 3 nitrogen and oxygen atoms in total. The summed E-state index contributed by atoms with van der Waals surface area (Å²) in [7, 11) is 1.88. The maximum atomic E-state index is 11.8. The van der Waals surface area contributed by atoms with Gasteiger partial charge in [-0.15, -0.1) is 12.4 Å². The molecular weight excluding hydrogens is 268 g/mol. The summed E-state index contributed by atoms with van der Waals surface area (Å²) in [5.41, 5.74) is 1.97. The number of amides is 1. The summed E-state index contributed by atoms with van der Waals surface area (Å²) in [6, 6.07) is 8.06. The zero-order chi connectivity index (χ0) is 12.7. The average Bonchev–Trinajstić information content (AvgIpc) is 2.36. The van der Waals surface area contributed by atoms with Crippen LogP contribution in [0.2, 0.25) is 0 Å². The highest BCUT2D eigenvalue weighted by atomic mass is 35.5. The van der Waals surface area contributed by atoms with Gasteiger partial charge in [0.15, 0.2) is 0 Å². The Morgan fingerprint density at radius 3 is 2.44 bits per heavy atom. The quantitative estimate of drug-likeness (QED) is 0.844. The molecule has 1 atom stereocenters. The fraction of sp³-hybridized carbons (Fsp3) is 0.462. The molecular formula is C13H21ClN2OS. The van der Waals surface area contributed by atoms with E-state index < -0.39 is 0 Å². The van der Waals surface area contributed by atoms with E-state index in [1.54, 1.807) is 11.8 Å². The third kappa shape index (κ3) is 5.76. The Hall–Kier alpha value is -0.710. The molecule has 0 saturated heterocycles. The largest absolute Gasteiger partial charge is 0.350 e. The van der Waals surface area contributed by atoms with E-state index in [-0.39, 0.29) is 24.4 Å². The number of thioether (sulfide) groups is 1. The summed E-state index contributed by atoms with van der Waals surface area (Å²) in [4.78, 5) is 11.8. The van der Waals surface area contributed by atoms with Gasteiger partial charge in [0.2, 0.25) is 0 Å². The molecule has 0 aliphatic heterocycles. The van der Waals surface area contributed by atoms with Gasteiger partial charge < -0.3 is 10.6 Å². The number of benzene rings is 1. The summed E-state index contributed by atoms with van der Waals surface area (Å²) in [6.07, 6.45) is 2.07. The van der Waals surface area contributed by atoms with Gasteiger partial charge in [0.25, 0.3) is 5.91 Å². The fourth-order valence-corrected chi connectivity index (χ4v) is 1.89. The topological polar surface area (TPSA) is 41.1 Å². The molecule has 0 aliphatic rings. The van der Waals surface area contributed by atoms with Gasteiger partial charge in [-0.1, -0.05) is 12.1 Å². The van der Waals surface area contributed by atoms with Crippen molar-refractivity contribution in [1.29, 1.82) is 0 Å². The van der Waals surface area contributed by atoms with E-state index in [0.717, 1.165) is 11.3 Å². The van der Waals surface area contributed by atoms with Crippen LogP contribution in [-0.2, 0) is 5.75 Å². The van der Waals surface area contributed by atoms with E-state index in [1.807, 2.05) is 38.2 Å². The first-order valence-corrected chi connectivity index (χ1v) is 7.10. The molecule has 0 heterocycles. The van der Waals surface area contributed by atoms with Gasteiger partial charge in [0, 0.05) is 23.9 Å². The number of rotatable bonds is 6. The Kier molecular flexibility index (Phi) is 8.89. The van der Waals surface area contributed by atoms with Gasteiger partial charge in [0.1, 0.15) is 0 Å². The second-order valence-electron chi connectivity index (χ2n) is 4.03. The molecule has 1 rings (SSSR count). The van der Waals surface area contributed by atoms with Gasteiger partial charge in [-0.05, 0) is 37.9 Å². The number of hydrogen-bond donors (Lipinski definition) is 2. The van der Waals surface area contributed by atoms with Crippen LogP contribution in [0, 0.1) is 0 Å². The number of likely N-dealkylation sites (N-methyl/N-ethyl adjacent to an activating group) is 1. The van der Waals surface area contributed by atoms with E-state index in [4.69, 9.17) is 0 Å². The van der Waals surface area contributed by atoms with Gasteiger partial charge in [-0.25, -0.2) is 0 Å². The lowest BCUT2D eigenvalue weighted by Crippen LogP contribution is -2.37. The molecule has 1 unspecified atom stereocenters. The molecule has 0 radical (unpaired) electrons. The Morgan fingerprint density at radius 1 is 1.33 bits per heavy atom. The van der Waals surface area contributed by atoms with Crippen molar-refractivity contribution in [2.24, 2.45) is 0 Å². The Morgan fingerprint density at radius 2 is 1.94 bits per heavy atom. The van der Waals surface area contributed by atoms with Crippen molar-refractivity contribution in [1.82, 2.24) is 10.6 Å². The SMILES string of the molecule is CNC(C)CNC(=O)c1ccc(CSC)cc1.Cl. The van der Waals surface area contributed by atoms with Crippen LogP contribution >= 0.6 is 24.2 Å². The van der Waals surface area contributed by atoms with Crippen molar-refractivity contribution in [3.63, 3.8) is 0 Å². The van der Waals surface area contributed by atoms with Crippen LogP contribution in [-0.4, -0.2) is 31.8 Å². The minimum absolute atomic E-state index is 0. The third-order valence-corrected chi connectivity index (χ3v) is 3.21. The van der Waals surface area contributed by atoms with Crippen molar-refractivity contribution in [2.75, 3.05) is 19.8 Å². The van der Waals surface area contributed by atoms with Gasteiger partial charge >= 0.3 is 0 Å². The van der Waals surface area contributed by atoms with Gasteiger partial charge in [0.05, 0.1) is 0 Å². The predicted molar refractivity (Wildman–Crippen MR) is 81.8 cm³/mol. The fourth-order valence-electron chi connectivity index (χ4n) is 1.37. The summed E-state index contributed by atoms with van der Waals surface area (Å²) in [5.74, 6) is 0.974. The molecule has 0 saturated carbocycles. The highest BCUT2D eigenvalue weighted by Crippen LogP contribution is 2.10. The van der Waals surface area contributed by atoms with Crippen molar-refractivity contribution < 1.29 is 4.79 Å². The first-order chi connectivity index (χ1) is 8.17. The van der Waals surface area contributed by atoms with Crippen molar-refractivity contribution in [3.05, 3.63) is 35.4 Å². The monoisotopic (exact) mass is 288 g/mol. The number of halogens is 1. The molecule has 5 heteroatoms. The standard InChI is InChI=1S/C13H20N2OS.ClH/c1-10(14-2)8-15-13(16)12-6-4-11(5-7-12)9-17-3;/h4-7,10,14H,8-9H2,1-3H3,(H,15,16);1H. The highest BCUT2D eigenvalue weighted by molar-refractivity contribution is 7.97. The van der Waals surface area contributed by atoms with Crippen LogP contribution in [0.5, 0.6) is 0 Å². The Balaban J connectivity index is 0.00000289. The van der Waals surface area contributed by atoms with Crippen LogP contribution in [0.4, 0.5) is 0 Å². The van der Waals surface area contributed by atoms with Crippen molar-refractivity contribution in [3.8, 4) is 0 Å². The Labute approximate surface area is 120 Å². The van der Waals surface area contributed by atoms with Crippen LogP contribution in [0.15, 0.2) is 24.3 Å². The van der Waals surface area contributed by atoms with E-state index in [9.17, 15) is 4.79 Å². The summed E-state index contributed by atoms with van der Waals surface area (Å²) >= 11 is 1.78. The second-order valence-corrected chi connectivity index (χ2v) is 4.90. The average molecular weight is 289 g/mol. The summed E-state index contributed by atoms with van der Waals surface area (Å²) < 4.78 is 0. The number of carbonyl (C=O) groups excluding carboxylic acids is 1. The minimum Gasteiger partial charge on any atom is -0.350 e. The van der Waals surface area contributed by atoms with Crippen LogP contribution in [0.3, 0.4) is 0 Å². The van der Waals surface area contributed by atoms with Crippen molar-refractivity contribution in [2.45, 2.75) is 18.7 Å². The van der Waals surface area contributed by atoms with E-state index in [2.05, 4.69) is 16.9 Å². The number of carbonyl (C=O) groups is 1. The lowest BCUT2D eigenvalue weighted by atomic mass is 10.1. The molecule has 1 amide bonds. The third-order valence-electron chi connectivity index (χ3n) is 2.59. The molecule has 0 aliphatic carbocycles. The Bertz CT molecular complexity index is 357. The summed E-state index contributed by atoms with van der Waals surface area (Å²) in [5, 5.41) is 5.97. The zero-order valence-corrected chi connectivity index (χ0v) is 12.7. The van der Waals surface area contributed by atoms with E-state index >= 15 is 0 Å². The molecule has 1 aromatic rings. The molecule has 2 N–H and O–H groups in total. The molecule has 102 valence electrons. The van der Waals surface area contributed by atoms with Crippen LogP contribution < -0.4 is 10.6 Å². The second kappa shape index (κ2) is 9.25. The predicted octanol–water partition coefficient (Wildman–Crippen LogP) is 2.31. The van der Waals surface area contributed by atoms with Crippen LogP contribution in [0.1, 0.15) is 22.8 Å². The van der Waals surface area contributed by atoms with Gasteiger partial charge in [-0.3, -0.25) is 4.79 Å². The number of hydrogen-bond acceptors (Lipinski definition) is 3. The number of nitrogens with one attached hydrogen (secondary N) is 2. The van der Waals surface area contributed by atoms with Gasteiger partial charge in [-0.2, -0.15) is 11.8 Å². The molecule has 1 aromatic carbocycles. The maximum absolute atomic E-state index is 11.8. The zero-order valence-electron chi connectivity index (χ0n) is 11.0. The lowest BCUT2D eigenvalue weighted by molar-refractivity contribution is 0.0950. The smallest absolute Gasteiger partial charge is 0.251 e. The molecule has 18 heavy (non-hydrogen) atoms. The highest BCUT2D eigenvalue weighted by Gasteiger charge is 2.06. The first kappa shape index (κ1) is 17.3. The molecule has 0 fully saturated rings. The maximum Gasteiger partial charge on any atom is 0.251 e. The van der Waals surface area contributed by atoms with Crippen LogP contribution in [0.25, 0.3) is 0 Å². The summed E-state index contributed by atoms with van der Waals surface area (Å²) in [6.45, 7) is 2.67. The minimum atomic E-state index is -0.0113. The lowest BCUT2D eigenvalue weighted by Gasteiger charge is -2.11. The molecule has 0 spiro atoms. The first-order valence-electron chi connectivity index (χ1n) is 5.70. The molecule has 0 bridgehead atoms. The van der Waals surface area contributed by atoms with E-state index in [0.29, 0.717) is 6.54 Å². The normalized spacial score (nSPS) is 11.5. The molecule has 0 aromatic heterocycles.